The number of anilines is 1. The van der Waals surface area contributed by atoms with Crippen LogP contribution in [-0.4, -0.2) is 27.3 Å². The third-order valence-corrected chi connectivity index (χ3v) is 5.39. The second-order valence-electron chi connectivity index (χ2n) is 8.53. The number of carbonyl (C=O) groups excluding carboxylic acids is 1. The maximum Gasteiger partial charge on any atom is 0.417 e. The molecule has 0 unspecified atom stereocenters. The fourth-order valence-electron chi connectivity index (χ4n) is 3.52. The molecule has 4 rings (SSSR count). The van der Waals surface area contributed by atoms with Crippen molar-refractivity contribution in [3.05, 3.63) is 71.2 Å². The number of benzene rings is 1. The van der Waals surface area contributed by atoms with Gasteiger partial charge in [0.15, 0.2) is 5.82 Å². The molecule has 174 valence electrons. The van der Waals surface area contributed by atoms with Crippen molar-refractivity contribution >= 4 is 11.6 Å². The predicted molar refractivity (Wildman–Crippen MR) is 117 cm³/mol. The summed E-state index contributed by atoms with van der Waals surface area (Å²) in [5, 5.41) is 7.12. The van der Waals surface area contributed by atoms with Gasteiger partial charge in [-0.1, -0.05) is 26.0 Å². The number of aromatic nitrogens is 3. The largest absolute Gasteiger partial charge is 0.417 e. The highest BCUT2D eigenvalue weighted by atomic mass is 19.4. The maximum absolute atomic E-state index is 13.0. The standard InChI is InChI=1S/C24H25F3N4O2/c1-15(2)22-20(12-29-31(22)21-9-8-18(11-28-21)24(25,26)27)23(32)30-19-5-3-4-17(10-19)14-33-13-16-6-7-16/h3-5,8-12,15-16H,6-7,13-14H2,1-2H3,(H,30,32). The van der Waals surface area contributed by atoms with E-state index in [1.165, 1.54) is 29.8 Å². The topological polar surface area (TPSA) is 69.0 Å². The molecule has 1 aliphatic carbocycles. The second-order valence-corrected chi connectivity index (χ2v) is 8.53. The first-order valence-electron chi connectivity index (χ1n) is 10.8. The molecule has 0 aliphatic heterocycles. The van der Waals surface area contributed by atoms with Crippen LogP contribution in [0.2, 0.25) is 0 Å². The van der Waals surface area contributed by atoms with Crippen LogP contribution in [0.5, 0.6) is 0 Å². The van der Waals surface area contributed by atoms with Gasteiger partial charge >= 0.3 is 6.18 Å². The highest BCUT2D eigenvalue weighted by molar-refractivity contribution is 6.05. The number of amides is 1. The van der Waals surface area contributed by atoms with E-state index in [0.29, 0.717) is 29.5 Å². The van der Waals surface area contributed by atoms with Gasteiger partial charge in [0.1, 0.15) is 0 Å². The lowest BCUT2D eigenvalue weighted by atomic mass is 10.1. The number of pyridine rings is 1. The van der Waals surface area contributed by atoms with E-state index in [1.807, 2.05) is 32.0 Å². The number of hydrogen-bond acceptors (Lipinski definition) is 4. The number of hydrogen-bond donors (Lipinski definition) is 1. The molecular weight excluding hydrogens is 433 g/mol. The monoisotopic (exact) mass is 458 g/mol. The van der Waals surface area contributed by atoms with Crippen LogP contribution in [0.3, 0.4) is 0 Å². The van der Waals surface area contributed by atoms with Crippen molar-refractivity contribution in [3.63, 3.8) is 0 Å². The Balaban J connectivity index is 1.52. The highest BCUT2D eigenvalue weighted by Crippen LogP contribution is 2.30. The van der Waals surface area contributed by atoms with Crippen molar-refractivity contribution in [2.45, 2.75) is 45.4 Å². The van der Waals surface area contributed by atoms with E-state index in [4.69, 9.17) is 4.74 Å². The first kappa shape index (κ1) is 23.0. The van der Waals surface area contributed by atoms with Crippen LogP contribution < -0.4 is 5.32 Å². The molecule has 33 heavy (non-hydrogen) atoms. The quantitative estimate of drug-likeness (QED) is 0.478. The molecule has 2 aromatic heterocycles. The van der Waals surface area contributed by atoms with E-state index >= 15 is 0 Å². The first-order chi connectivity index (χ1) is 15.7. The summed E-state index contributed by atoms with van der Waals surface area (Å²) in [5.74, 6) is 0.408. The molecule has 0 radical (unpaired) electrons. The van der Waals surface area contributed by atoms with Gasteiger partial charge in [-0.2, -0.15) is 18.3 Å². The van der Waals surface area contributed by atoms with E-state index in [9.17, 15) is 18.0 Å². The first-order valence-corrected chi connectivity index (χ1v) is 10.8. The Labute approximate surface area is 189 Å². The molecule has 0 bridgehead atoms. The molecule has 1 amide bonds. The van der Waals surface area contributed by atoms with E-state index < -0.39 is 11.7 Å². The van der Waals surface area contributed by atoms with E-state index in [2.05, 4.69) is 15.4 Å². The Hall–Kier alpha value is -3.20. The summed E-state index contributed by atoms with van der Waals surface area (Å²) < 4.78 is 45.7. The predicted octanol–water partition coefficient (Wildman–Crippen LogP) is 5.59. The number of nitrogens with one attached hydrogen (secondary N) is 1. The summed E-state index contributed by atoms with van der Waals surface area (Å²) in [6.07, 6.45) is 0.150. The van der Waals surface area contributed by atoms with E-state index in [1.54, 1.807) is 6.07 Å². The van der Waals surface area contributed by atoms with Crippen molar-refractivity contribution in [2.75, 3.05) is 11.9 Å². The van der Waals surface area contributed by atoms with E-state index in [0.717, 1.165) is 24.4 Å². The Bertz CT molecular complexity index is 1120. The van der Waals surface area contributed by atoms with Gasteiger partial charge in [0.25, 0.3) is 5.91 Å². The average molecular weight is 458 g/mol. The van der Waals surface area contributed by atoms with Gasteiger partial charge in [0.05, 0.1) is 29.6 Å². The molecule has 3 aromatic rings. The number of alkyl halides is 3. The zero-order chi connectivity index (χ0) is 23.6. The second kappa shape index (κ2) is 9.35. The minimum Gasteiger partial charge on any atom is -0.376 e. The minimum absolute atomic E-state index is 0.125. The van der Waals surface area contributed by atoms with Crippen LogP contribution in [0.25, 0.3) is 5.82 Å². The van der Waals surface area contributed by atoms with Gasteiger partial charge in [-0.25, -0.2) is 9.67 Å². The van der Waals surface area contributed by atoms with E-state index in [-0.39, 0.29) is 17.6 Å². The van der Waals surface area contributed by atoms with Gasteiger partial charge in [-0.15, -0.1) is 0 Å². The van der Waals surface area contributed by atoms with Gasteiger partial charge in [0, 0.05) is 18.5 Å². The molecule has 0 saturated heterocycles. The molecule has 1 N–H and O–H groups in total. The Morgan fingerprint density at radius 3 is 2.64 bits per heavy atom. The molecule has 1 aromatic carbocycles. The summed E-state index contributed by atoms with van der Waals surface area (Å²) in [6, 6.07) is 9.64. The van der Waals surface area contributed by atoms with Gasteiger partial charge in [0.2, 0.25) is 0 Å². The average Bonchev–Trinajstić information content (AvgIpc) is 3.47. The SMILES string of the molecule is CC(C)c1c(C(=O)Nc2cccc(COCC3CC3)c2)cnn1-c1ccc(C(F)(F)F)cn1. The fourth-order valence-corrected chi connectivity index (χ4v) is 3.52. The third-order valence-electron chi connectivity index (χ3n) is 5.39. The van der Waals surface area contributed by atoms with Crippen LogP contribution in [0.15, 0.2) is 48.8 Å². The zero-order valence-corrected chi connectivity index (χ0v) is 18.4. The van der Waals surface area contributed by atoms with Crippen LogP contribution in [0.1, 0.15) is 59.8 Å². The molecule has 9 heteroatoms. The third kappa shape index (κ3) is 5.60. The van der Waals surface area contributed by atoms with Crippen molar-refractivity contribution < 1.29 is 22.7 Å². The Morgan fingerprint density at radius 2 is 2.00 bits per heavy atom. The minimum atomic E-state index is -4.47. The number of rotatable bonds is 8. The normalized spacial score (nSPS) is 14.0. The molecular formula is C24H25F3N4O2. The van der Waals surface area contributed by atoms with Crippen LogP contribution in [0.4, 0.5) is 18.9 Å². The van der Waals surface area contributed by atoms with Crippen molar-refractivity contribution in [3.8, 4) is 5.82 Å². The molecule has 1 fully saturated rings. The number of halogens is 3. The summed E-state index contributed by atoms with van der Waals surface area (Å²) in [4.78, 5) is 16.9. The number of carbonyl (C=O) groups is 1. The molecule has 6 nitrogen and oxygen atoms in total. The van der Waals surface area contributed by atoms with Crippen LogP contribution in [0, 0.1) is 5.92 Å². The van der Waals surface area contributed by atoms with Crippen LogP contribution in [-0.2, 0) is 17.5 Å². The summed E-state index contributed by atoms with van der Waals surface area (Å²) in [6.45, 7) is 5.00. The Kier molecular flexibility index (Phi) is 6.51. The lowest BCUT2D eigenvalue weighted by Gasteiger charge is -2.13. The lowest BCUT2D eigenvalue weighted by molar-refractivity contribution is -0.137. The van der Waals surface area contributed by atoms with Gasteiger partial charge in [-0.05, 0) is 54.5 Å². The molecule has 0 atom stereocenters. The summed E-state index contributed by atoms with van der Waals surface area (Å²) in [5.41, 5.74) is 1.64. The number of ether oxygens (including phenoxy) is 1. The molecule has 2 heterocycles. The molecule has 1 saturated carbocycles. The highest BCUT2D eigenvalue weighted by Gasteiger charge is 2.31. The van der Waals surface area contributed by atoms with Crippen molar-refractivity contribution in [2.24, 2.45) is 5.92 Å². The fraction of sp³-hybridized carbons (Fsp3) is 0.375. The molecule has 0 spiro atoms. The van der Waals surface area contributed by atoms with Gasteiger partial charge in [-0.3, -0.25) is 4.79 Å². The van der Waals surface area contributed by atoms with Crippen molar-refractivity contribution in [1.82, 2.24) is 14.8 Å². The van der Waals surface area contributed by atoms with Gasteiger partial charge < -0.3 is 10.1 Å². The molecule has 1 aliphatic rings. The maximum atomic E-state index is 13.0. The summed E-state index contributed by atoms with van der Waals surface area (Å²) >= 11 is 0. The number of nitrogens with zero attached hydrogens (tertiary/aromatic N) is 3. The van der Waals surface area contributed by atoms with Crippen molar-refractivity contribution in [1.29, 1.82) is 0 Å². The summed E-state index contributed by atoms with van der Waals surface area (Å²) in [7, 11) is 0. The Morgan fingerprint density at radius 1 is 1.21 bits per heavy atom. The smallest absolute Gasteiger partial charge is 0.376 e. The zero-order valence-electron chi connectivity index (χ0n) is 18.4. The lowest BCUT2D eigenvalue weighted by Crippen LogP contribution is -2.16. The van der Waals surface area contributed by atoms with Crippen LogP contribution >= 0.6 is 0 Å².